The van der Waals surface area contributed by atoms with Crippen LogP contribution >= 0.6 is 0 Å². The Morgan fingerprint density at radius 2 is 1.50 bits per heavy atom. The van der Waals surface area contributed by atoms with Crippen LogP contribution in [0.25, 0.3) is 0 Å². The molecule has 0 aliphatic heterocycles. The van der Waals surface area contributed by atoms with Crippen LogP contribution in [0.2, 0.25) is 0 Å². The molecule has 0 bridgehead atoms. The number of hydrogen-bond donors (Lipinski definition) is 0. The molecular weight excluding hydrogens is 283 g/mol. The smallest absolute Gasteiger partial charge is 0.342 e. The Hall–Kier alpha value is -0.700. The predicted octanol–water partition coefficient (Wildman–Crippen LogP) is 3.11. The van der Waals surface area contributed by atoms with Crippen LogP contribution in [0.15, 0.2) is 12.1 Å². The van der Waals surface area contributed by atoms with Gasteiger partial charge in [-0.05, 0) is 38.8 Å². The molecule has 0 N–H and O–H groups in total. The molecule has 1 atom stereocenters. The summed E-state index contributed by atoms with van der Waals surface area (Å²) in [7, 11) is 0. The lowest BCUT2D eigenvalue weighted by Crippen LogP contribution is -2.59. The molecule has 108 valence electrons. The van der Waals surface area contributed by atoms with Crippen molar-refractivity contribution in [3.8, 4) is 0 Å². The highest BCUT2D eigenvalue weighted by atomic mass is 32.2. The van der Waals surface area contributed by atoms with Crippen molar-refractivity contribution in [3.05, 3.63) is 12.1 Å². The van der Waals surface area contributed by atoms with Crippen LogP contribution in [-0.2, 0) is 15.8 Å². The lowest BCUT2D eigenvalue weighted by Gasteiger charge is -2.44. The summed E-state index contributed by atoms with van der Waals surface area (Å²) in [4.78, 5) is 0. The van der Waals surface area contributed by atoms with Gasteiger partial charge in [0.15, 0.2) is 5.60 Å². The van der Waals surface area contributed by atoms with Crippen molar-refractivity contribution < 1.29 is 35.5 Å². The first kappa shape index (κ1) is 17.3. The summed E-state index contributed by atoms with van der Waals surface area (Å²) in [5, 5.41) is 0. The third-order valence-corrected chi connectivity index (χ3v) is 3.51. The molecule has 0 fully saturated rings. The molecular formula is C9H12F5O3S-. The van der Waals surface area contributed by atoms with Crippen molar-refractivity contribution in [3.63, 3.8) is 0 Å². The standard InChI is InChI=1S/C9H13F5O3S/c1-7(2,17-6(12)5(10)11)9(13,14)8(3,4)18(15)16/h1-4H3,(H,15,16)/p-1. The van der Waals surface area contributed by atoms with Crippen molar-refractivity contribution in [2.75, 3.05) is 0 Å². The Morgan fingerprint density at radius 1 is 1.11 bits per heavy atom. The molecule has 0 heterocycles. The second-order valence-corrected chi connectivity index (χ2v) is 5.96. The quantitative estimate of drug-likeness (QED) is 0.445. The van der Waals surface area contributed by atoms with Gasteiger partial charge in [0, 0.05) is 0 Å². The molecule has 0 amide bonds. The molecule has 0 aliphatic rings. The molecule has 0 spiro atoms. The fourth-order valence-corrected chi connectivity index (χ4v) is 1.61. The highest BCUT2D eigenvalue weighted by Gasteiger charge is 2.60. The molecule has 0 radical (unpaired) electrons. The Kier molecular flexibility index (Phi) is 4.92. The Bertz CT molecular complexity index is 374. The van der Waals surface area contributed by atoms with E-state index in [2.05, 4.69) is 4.74 Å². The second kappa shape index (κ2) is 5.12. The number of hydrogen-bond acceptors (Lipinski definition) is 3. The summed E-state index contributed by atoms with van der Waals surface area (Å²) < 4.78 is 86.7. The maximum Gasteiger partial charge on any atom is 0.342 e. The first-order valence-corrected chi connectivity index (χ1v) is 5.72. The fourth-order valence-electron chi connectivity index (χ4n) is 1.16. The summed E-state index contributed by atoms with van der Waals surface area (Å²) in [6.07, 6.45) is -2.90. The Morgan fingerprint density at radius 3 is 1.78 bits per heavy atom. The molecule has 0 aliphatic carbocycles. The minimum atomic E-state index is -4.11. The molecule has 9 heteroatoms. The van der Waals surface area contributed by atoms with Gasteiger partial charge < -0.3 is 9.29 Å². The minimum absolute atomic E-state index is 0.615. The van der Waals surface area contributed by atoms with E-state index in [9.17, 15) is 30.7 Å². The summed E-state index contributed by atoms with van der Waals surface area (Å²) in [6.45, 7) is 2.58. The van der Waals surface area contributed by atoms with Crippen LogP contribution in [0.5, 0.6) is 0 Å². The van der Waals surface area contributed by atoms with E-state index in [1.807, 2.05) is 0 Å². The van der Waals surface area contributed by atoms with Crippen molar-refractivity contribution >= 4 is 11.1 Å². The Balaban J connectivity index is 5.47. The lowest BCUT2D eigenvalue weighted by atomic mass is 9.90. The van der Waals surface area contributed by atoms with E-state index in [1.165, 1.54) is 0 Å². The minimum Gasteiger partial charge on any atom is -0.772 e. The number of halogens is 5. The lowest BCUT2D eigenvalue weighted by molar-refractivity contribution is -0.199. The molecule has 1 unspecified atom stereocenters. The van der Waals surface area contributed by atoms with Crippen LogP contribution in [0.1, 0.15) is 27.7 Å². The van der Waals surface area contributed by atoms with Gasteiger partial charge in [-0.2, -0.15) is 13.2 Å². The number of alkyl halides is 2. The van der Waals surface area contributed by atoms with Gasteiger partial charge in [-0.25, -0.2) is 8.78 Å². The molecule has 0 rings (SSSR count). The maximum absolute atomic E-state index is 13.9. The maximum atomic E-state index is 13.9. The average molecular weight is 295 g/mol. The first-order valence-electron chi connectivity index (χ1n) is 4.64. The molecule has 0 aromatic rings. The summed E-state index contributed by atoms with van der Waals surface area (Å²) in [5.41, 5.74) is -2.77. The number of rotatable bonds is 5. The van der Waals surface area contributed by atoms with Crippen molar-refractivity contribution in [1.82, 2.24) is 0 Å². The molecule has 18 heavy (non-hydrogen) atoms. The van der Waals surface area contributed by atoms with Gasteiger partial charge in [-0.3, -0.25) is 4.21 Å². The zero-order valence-corrected chi connectivity index (χ0v) is 10.8. The van der Waals surface area contributed by atoms with Gasteiger partial charge in [0.2, 0.25) is 0 Å². The van der Waals surface area contributed by atoms with Gasteiger partial charge in [0.25, 0.3) is 0 Å². The highest BCUT2D eigenvalue weighted by Crippen LogP contribution is 2.44. The fraction of sp³-hybridized carbons (Fsp3) is 0.778. The van der Waals surface area contributed by atoms with Crippen LogP contribution in [-0.4, -0.2) is 25.0 Å². The van der Waals surface area contributed by atoms with Crippen molar-refractivity contribution in [2.45, 2.75) is 44.0 Å². The first-order chi connectivity index (χ1) is 7.77. The highest BCUT2D eigenvalue weighted by molar-refractivity contribution is 7.80. The number of ether oxygens (including phenoxy) is 1. The molecule has 3 nitrogen and oxygen atoms in total. The van der Waals surface area contributed by atoms with Gasteiger partial charge in [0.1, 0.15) is 0 Å². The summed E-state index contributed by atoms with van der Waals surface area (Å²) >= 11 is -3.22. The molecule has 0 aromatic heterocycles. The van der Waals surface area contributed by atoms with Crippen molar-refractivity contribution in [1.29, 1.82) is 0 Å². The summed E-state index contributed by atoms with van der Waals surface area (Å²) in [5.74, 6) is -4.11. The summed E-state index contributed by atoms with van der Waals surface area (Å²) in [6, 6.07) is -2.47. The van der Waals surface area contributed by atoms with Gasteiger partial charge in [-0.15, -0.1) is 0 Å². The monoisotopic (exact) mass is 295 g/mol. The van der Waals surface area contributed by atoms with Gasteiger partial charge >= 0.3 is 18.0 Å². The van der Waals surface area contributed by atoms with Crippen LogP contribution in [0.3, 0.4) is 0 Å². The van der Waals surface area contributed by atoms with Crippen molar-refractivity contribution in [2.24, 2.45) is 0 Å². The zero-order chi connectivity index (χ0) is 14.9. The van der Waals surface area contributed by atoms with Crippen LogP contribution < -0.4 is 0 Å². The predicted molar refractivity (Wildman–Crippen MR) is 53.5 cm³/mol. The molecule has 0 aromatic carbocycles. The van der Waals surface area contributed by atoms with Gasteiger partial charge in [-0.1, -0.05) is 0 Å². The van der Waals surface area contributed by atoms with E-state index >= 15 is 0 Å². The van der Waals surface area contributed by atoms with E-state index in [0.717, 1.165) is 0 Å². The van der Waals surface area contributed by atoms with E-state index in [-0.39, 0.29) is 0 Å². The topological polar surface area (TPSA) is 49.4 Å². The van der Waals surface area contributed by atoms with E-state index in [0.29, 0.717) is 27.7 Å². The van der Waals surface area contributed by atoms with Gasteiger partial charge in [0.05, 0.1) is 4.75 Å². The Labute approximate surface area is 103 Å². The molecule has 0 saturated heterocycles. The van der Waals surface area contributed by atoms with E-state index in [4.69, 9.17) is 0 Å². The van der Waals surface area contributed by atoms with Crippen LogP contribution in [0.4, 0.5) is 22.0 Å². The normalized spacial score (nSPS) is 15.2. The molecule has 0 saturated carbocycles. The average Bonchev–Trinajstić information content (AvgIpc) is 2.15. The third kappa shape index (κ3) is 3.00. The zero-order valence-electron chi connectivity index (χ0n) is 10.0. The SMILES string of the molecule is CC(C)(OC(F)=C(F)F)C(F)(F)C(C)(C)S(=O)[O-]. The van der Waals surface area contributed by atoms with Crippen LogP contribution in [0, 0.1) is 0 Å². The second-order valence-electron chi connectivity index (χ2n) is 4.47. The van der Waals surface area contributed by atoms with E-state index < -0.39 is 39.4 Å². The largest absolute Gasteiger partial charge is 0.772 e. The van der Waals surface area contributed by atoms with E-state index in [1.54, 1.807) is 0 Å². The third-order valence-electron chi connectivity index (χ3n) is 2.42.